The molecule has 0 saturated carbocycles. The Kier molecular flexibility index (Phi) is 2.75. The first-order chi connectivity index (χ1) is 7.60. The number of halogens is 2. The van der Waals surface area contributed by atoms with Gasteiger partial charge in [0.15, 0.2) is 0 Å². The Morgan fingerprint density at radius 3 is 2.75 bits per heavy atom. The lowest BCUT2D eigenvalue weighted by atomic mass is 10.1. The summed E-state index contributed by atoms with van der Waals surface area (Å²) in [6.07, 6.45) is 1.77. The fraction of sp³-hybridized carbons (Fsp3) is 0.0909. The van der Waals surface area contributed by atoms with E-state index in [2.05, 4.69) is 20.9 Å². The van der Waals surface area contributed by atoms with Gasteiger partial charge in [0.25, 0.3) is 0 Å². The maximum absolute atomic E-state index is 13.2. The predicted octanol–water partition coefficient (Wildman–Crippen LogP) is 2.86. The first-order valence-corrected chi connectivity index (χ1v) is 5.29. The van der Waals surface area contributed by atoms with Crippen molar-refractivity contribution in [2.75, 3.05) is 0 Å². The number of aryl methyl sites for hydroxylation is 1. The predicted molar refractivity (Wildman–Crippen MR) is 61.0 cm³/mol. The summed E-state index contributed by atoms with van der Waals surface area (Å²) in [4.78, 5) is 4.20. The number of benzene rings is 1. The van der Waals surface area contributed by atoms with Crippen molar-refractivity contribution in [3.63, 3.8) is 0 Å². The fourth-order valence-electron chi connectivity index (χ4n) is 1.48. The summed E-state index contributed by atoms with van der Waals surface area (Å²) in [6, 6.07) is 6.08. The van der Waals surface area contributed by atoms with Crippen LogP contribution < -0.4 is 0 Å². The van der Waals surface area contributed by atoms with Crippen molar-refractivity contribution in [1.82, 2.24) is 9.55 Å². The molecule has 0 amide bonds. The smallest absolute Gasteiger partial charge is 0.141 e. The van der Waals surface area contributed by atoms with Crippen LogP contribution in [-0.2, 0) is 7.05 Å². The van der Waals surface area contributed by atoms with Crippen LogP contribution in [0.1, 0.15) is 5.56 Å². The molecule has 3 nitrogen and oxygen atoms in total. The molecule has 0 aliphatic rings. The van der Waals surface area contributed by atoms with Gasteiger partial charge in [-0.2, -0.15) is 5.26 Å². The van der Waals surface area contributed by atoms with Gasteiger partial charge in [-0.15, -0.1) is 0 Å². The van der Waals surface area contributed by atoms with Crippen LogP contribution in [-0.4, -0.2) is 9.55 Å². The summed E-state index contributed by atoms with van der Waals surface area (Å²) in [7, 11) is 1.81. The van der Waals surface area contributed by atoms with Crippen molar-refractivity contribution in [2.45, 2.75) is 0 Å². The lowest BCUT2D eigenvalue weighted by Gasteiger charge is -2.02. The average Bonchev–Trinajstić information content (AvgIpc) is 2.57. The van der Waals surface area contributed by atoms with Crippen LogP contribution in [0.15, 0.2) is 29.0 Å². The highest BCUT2D eigenvalue weighted by Gasteiger charge is 2.08. The van der Waals surface area contributed by atoms with Gasteiger partial charge in [0.05, 0.1) is 11.6 Å². The number of nitrogens with zero attached hydrogens (tertiary/aromatic N) is 3. The van der Waals surface area contributed by atoms with E-state index in [4.69, 9.17) is 5.26 Å². The van der Waals surface area contributed by atoms with Gasteiger partial charge in [-0.25, -0.2) is 9.37 Å². The normalized spacial score (nSPS) is 10.1. The van der Waals surface area contributed by atoms with Crippen molar-refractivity contribution in [2.24, 2.45) is 7.05 Å². The van der Waals surface area contributed by atoms with E-state index < -0.39 is 5.82 Å². The second-order valence-electron chi connectivity index (χ2n) is 3.34. The first kappa shape index (κ1) is 10.8. The minimum Gasteiger partial charge on any atom is -0.333 e. The standard InChI is InChI=1S/C11H7BrFN3/c1-16-6-10(12)15-11(16)8-2-7(5-14)3-9(13)4-8/h2-4,6H,1H3. The number of rotatable bonds is 1. The van der Waals surface area contributed by atoms with E-state index in [9.17, 15) is 4.39 Å². The maximum atomic E-state index is 13.2. The average molecular weight is 280 g/mol. The fourth-order valence-corrected chi connectivity index (χ4v) is 1.96. The Balaban J connectivity index is 2.60. The van der Waals surface area contributed by atoms with E-state index >= 15 is 0 Å². The van der Waals surface area contributed by atoms with Gasteiger partial charge in [0, 0.05) is 18.8 Å². The molecule has 0 fully saturated rings. The molecule has 0 unspecified atom stereocenters. The second kappa shape index (κ2) is 4.06. The summed E-state index contributed by atoms with van der Waals surface area (Å²) in [6.45, 7) is 0. The van der Waals surface area contributed by atoms with Gasteiger partial charge < -0.3 is 4.57 Å². The van der Waals surface area contributed by atoms with Gasteiger partial charge in [0.2, 0.25) is 0 Å². The molecule has 0 bridgehead atoms. The molecular weight excluding hydrogens is 273 g/mol. The molecule has 80 valence electrons. The van der Waals surface area contributed by atoms with Crippen molar-refractivity contribution in [1.29, 1.82) is 5.26 Å². The molecular formula is C11H7BrFN3. The maximum Gasteiger partial charge on any atom is 0.141 e. The highest BCUT2D eigenvalue weighted by atomic mass is 79.9. The quantitative estimate of drug-likeness (QED) is 0.806. The van der Waals surface area contributed by atoms with Crippen molar-refractivity contribution in [3.05, 3.63) is 40.4 Å². The summed E-state index contributed by atoms with van der Waals surface area (Å²) in [5.74, 6) is 0.177. The van der Waals surface area contributed by atoms with Gasteiger partial charge in [-0.1, -0.05) is 0 Å². The third-order valence-electron chi connectivity index (χ3n) is 2.13. The topological polar surface area (TPSA) is 41.6 Å². The Morgan fingerprint density at radius 2 is 2.19 bits per heavy atom. The van der Waals surface area contributed by atoms with Crippen molar-refractivity contribution in [3.8, 4) is 17.5 Å². The summed E-state index contributed by atoms with van der Waals surface area (Å²) < 4.78 is 15.7. The van der Waals surface area contributed by atoms with Crippen LogP contribution in [0.25, 0.3) is 11.4 Å². The molecule has 0 N–H and O–H groups in total. The van der Waals surface area contributed by atoms with E-state index in [1.165, 1.54) is 12.1 Å². The summed E-state index contributed by atoms with van der Waals surface area (Å²) in [5, 5.41) is 8.75. The van der Waals surface area contributed by atoms with Crippen LogP contribution in [0.2, 0.25) is 0 Å². The van der Waals surface area contributed by atoms with Crippen LogP contribution in [0, 0.1) is 17.1 Å². The molecule has 16 heavy (non-hydrogen) atoms. The summed E-state index contributed by atoms with van der Waals surface area (Å²) >= 11 is 3.24. The Labute approximate surface area is 100 Å². The van der Waals surface area contributed by atoms with Crippen LogP contribution >= 0.6 is 15.9 Å². The summed E-state index contributed by atoms with van der Waals surface area (Å²) in [5.41, 5.74) is 0.874. The molecule has 2 aromatic rings. The molecule has 0 aliphatic carbocycles. The minimum atomic E-state index is -0.437. The molecule has 0 saturated heterocycles. The largest absolute Gasteiger partial charge is 0.333 e. The zero-order chi connectivity index (χ0) is 11.7. The second-order valence-corrected chi connectivity index (χ2v) is 4.15. The van der Waals surface area contributed by atoms with Crippen LogP contribution in [0.5, 0.6) is 0 Å². The van der Waals surface area contributed by atoms with E-state index in [0.717, 1.165) is 0 Å². The molecule has 0 atom stereocenters. The number of hydrogen-bond donors (Lipinski definition) is 0. The Hall–Kier alpha value is -1.67. The lowest BCUT2D eigenvalue weighted by molar-refractivity contribution is 0.627. The molecule has 2 rings (SSSR count). The lowest BCUT2D eigenvalue weighted by Crippen LogP contribution is -1.92. The highest BCUT2D eigenvalue weighted by molar-refractivity contribution is 9.10. The van der Waals surface area contributed by atoms with Crippen LogP contribution in [0.3, 0.4) is 0 Å². The minimum absolute atomic E-state index is 0.286. The number of hydrogen-bond acceptors (Lipinski definition) is 2. The molecule has 1 heterocycles. The molecule has 0 spiro atoms. The third kappa shape index (κ3) is 1.97. The van der Waals surface area contributed by atoms with E-state index in [-0.39, 0.29) is 5.56 Å². The number of aromatic nitrogens is 2. The Morgan fingerprint density at radius 1 is 1.44 bits per heavy atom. The number of imidazole rings is 1. The number of nitriles is 1. The molecule has 1 aromatic heterocycles. The van der Waals surface area contributed by atoms with Gasteiger partial charge in [0.1, 0.15) is 16.2 Å². The van der Waals surface area contributed by atoms with E-state index in [1.54, 1.807) is 16.8 Å². The van der Waals surface area contributed by atoms with Gasteiger partial charge in [-0.3, -0.25) is 0 Å². The van der Waals surface area contributed by atoms with E-state index in [0.29, 0.717) is 16.0 Å². The van der Waals surface area contributed by atoms with Crippen molar-refractivity contribution < 1.29 is 4.39 Å². The zero-order valence-corrected chi connectivity index (χ0v) is 9.99. The van der Waals surface area contributed by atoms with Gasteiger partial charge in [-0.05, 0) is 34.1 Å². The Bertz CT molecular complexity index is 583. The molecule has 1 aromatic carbocycles. The molecule has 0 aliphatic heterocycles. The monoisotopic (exact) mass is 279 g/mol. The van der Waals surface area contributed by atoms with Crippen molar-refractivity contribution >= 4 is 15.9 Å². The van der Waals surface area contributed by atoms with Gasteiger partial charge >= 0.3 is 0 Å². The zero-order valence-electron chi connectivity index (χ0n) is 8.41. The highest BCUT2D eigenvalue weighted by Crippen LogP contribution is 2.22. The SMILES string of the molecule is Cn1cc(Br)nc1-c1cc(F)cc(C#N)c1. The molecule has 5 heteroatoms. The molecule has 0 radical (unpaired) electrons. The van der Waals surface area contributed by atoms with Crippen LogP contribution in [0.4, 0.5) is 4.39 Å². The van der Waals surface area contributed by atoms with E-state index in [1.807, 2.05) is 13.1 Å². The third-order valence-corrected chi connectivity index (χ3v) is 2.51. The first-order valence-electron chi connectivity index (χ1n) is 4.50.